The van der Waals surface area contributed by atoms with E-state index in [1.54, 1.807) is 12.3 Å². The van der Waals surface area contributed by atoms with Gasteiger partial charge in [-0.2, -0.15) is 0 Å². The molecule has 2 N–H and O–H groups in total. The molecule has 1 aromatic heterocycles. The molecule has 0 aliphatic carbocycles. The second kappa shape index (κ2) is 7.47. The van der Waals surface area contributed by atoms with Crippen LogP contribution >= 0.6 is 0 Å². The molecule has 3 rings (SSSR count). The lowest BCUT2D eigenvalue weighted by Crippen LogP contribution is -2.18. The maximum Gasteiger partial charge on any atom is 0.248 e. The number of hydrogen-bond acceptors (Lipinski definition) is 4. The first-order chi connectivity index (χ1) is 12.5. The zero-order valence-electron chi connectivity index (χ0n) is 14.0. The minimum Gasteiger partial charge on any atom is -0.323 e. The summed E-state index contributed by atoms with van der Waals surface area (Å²) in [6, 6.07) is 15.5. The summed E-state index contributed by atoms with van der Waals surface area (Å²) in [6.07, 6.45) is 4.83. The lowest BCUT2D eigenvalue weighted by molar-refractivity contribution is -0.111. The normalized spacial score (nSPS) is 11.7. The molecule has 132 valence electrons. The Labute approximate surface area is 151 Å². The highest BCUT2D eigenvalue weighted by Gasteiger charge is 2.10. The van der Waals surface area contributed by atoms with Crippen molar-refractivity contribution in [1.29, 1.82) is 0 Å². The molecule has 3 aromatic rings. The molecule has 1 amide bonds. The van der Waals surface area contributed by atoms with Crippen molar-refractivity contribution in [1.82, 2.24) is 9.71 Å². The second-order valence-corrected chi connectivity index (χ2v) is 7.36. The number of amides is 1. The first-order valence-electron chi connectivity index (χ1n) is 7.86. The van der Waals surface area contributed by atoms with Crippen LogP contribution in [0.1, 0.15) is 5.56 Å². The van der Waals surface area contributed by atoms with Crippen LogP contribution in [0.5, 0.6) is 0 Å². The fourth-order valence-corrected chi connectivity index (χ4v) is 3.18. The number of nitrogens with zero attached hydrogens (tertiary/aromatic N) is 1. The molecule has 0 unspecified atom stereocenters. The van der Waals surface area contributed by atoms with Crippen molar-refractivity contribution < 1.29 is 13.2 Å². The monoisotopic (exact) mass is 367 g/mol. The van der Waals surface area contributed by atoms with Crippen LogP contribution in [-0.4, -0.2) is 26.4 Å². The Bertz CT molecular complexity index is 1070. The quantitative estimate of drug-likeness (QED) is 0.679. The fraction of sp³-hybridized carbons (Fsp3) is 0.0526. The van der Waals surface area contributed by atoms with Gasteiger partial charge in [0, 0.05) is 28.9 Å². The van der Waals surface area contributed by atoms with Gasteiger partial charge in [0.25, 0.3) is 0 Å². The number of benzene rings is 2. The van der Waals surface area contributed by atoms with E-state index in [1.165, 1.54) is 37.4 Å². The molecule has 0 atom stereocenters. The molecule has 0 saturated heterocycles. The van der Waals surface area contributed by atoms with Crippen molar-refractivity contribution in [3.8, 4) is 0 Å². The number of sulfonamides is 1. The number of pyridine rings is 1. The summed E-state index contributed by atoms with van der Waals surface area (Å²) in [5.41, 5.74) is 2.17. The predicted molar refractivity (Wildman–Crippen MR) is 102 cm³/mol. The van der Waals surface area contributed by atoms with Crippen molar-refractivity contribution in [2.75, 3.05) is 12.4 Å². The van der Waals surface area contributed by atoms with Gasteiger partial charge in [-0.15, -0.1) is 0 Å². The third-order valence-electron chi connectivity index (χ3n) is 3.78. The summed E-state index contributed by atoms with van der Waals surface area (Å²) >= 11 is 0. The first-order valence-corrected chi connectivity index (χ1v) is 9.34. The Morgan fingerprint density at radius 1 is 1.04 bits per heavy atom. The zero-order valence-corrected chi connectivity index (χ0v) is 14.8. The summed E-state index contributed by atoms with van der Waals surface area (Å²) in [4.78, 5) is 16.6. The van der Waals surface area contributed by atoms with Gasteiger partial charge in [-0.1, -0.05) is 24.3 Å². The van der Waals surface area contributed by atoms with Crippen molar-refractivity contribution in [2.24, 2.45) is 0 Å². The highest BCUT2D eigenvalue weighted by atomic mass is 32.2. The van der Waals surface area contributed by atoms with Crippen LogP contribution in [0.4, 0.5) is 5.69 Å². The van der Waals surface area contributed by atoms with Crippen LogP contribution in [0, 0.1) is 0 Å². The zero-order chi connectivity index (χ0) is 18.6. The largest absolute Gasteiger partial charge is 0.323 e. The number of hydrogen-bond donors (Lipinski definition) is 2. The van der Waals surface area contributed by atoms with Crippen molar-refractivity contribution in [2.45, 2.75) is 4.90 Å². The molecule has 0 radical (unpaired) electrons. The molecule has 0 bridgehead atoms. The maximum absolute atomic E-state index is 12.1. The molecule has 26 heavy (non-hydrogen) atoms. The predicted octanol–water partition coefficient (Wildman–Crippen LogP) is 2.79. The Morgan fingerprint density at radius 2 is 1.77 bits per heavy atom. The van der Waals surface area contributed by atoms with E-state index in [9.17, 15) is 13.2 Å². The standard InChI is InChI=1S/C19H17N3O3S/c1-20-26(24,25)17-10-8-16(9-11-17)22-18(23)12-7-15-5-2-4-14-6-3-13-21-19(14)15/h2-13,20H,1H3,(H,22,23)/b12-7+. The van der Waals surface area contributed by atoms with Gasteiger partial charge in [0.15, 0.2) is 0 Å². The smallest absolute Gasteiger partial charge is 0.248 e. The van der Waals surface area contributed by atoms with Crippen LogP contribution in [0.25, 0.3) is 17.0 Å². The average molecular weight is 367 g/mol. The minimum absolute atomic E-state index is 0.135. The molecule has 1 heterocycles. The van der Waals surface area contributed by atoms with Crippen LogP contribution < -0.4 is 10.0 Å². The van der Waals surface area contributed by atoms with E-state index in [4.69, 9.17) is 0 Å². The highest BCUT2D eigenvalue weighted by molar-refractivity contribution is 7.89. The summed E-state index contributed by atoms with van der Waals surface area (Å²) in [6.45, 7) is 0. The number of aromatic nitrogens is 1. The maximum atomic E-state index is 12.1. The second-order valence-electron chi connectivity index (χ2n) is 5.48. The van der Waals surface area contributed by atoms with E-state index >= 15 is 0 Å². The van der Waals surface area contributed by atoms with Gasteiger partial charge in [0.2, 0.25) is 15.9 Å². The van der Waals surface area contributed by atoms with Gasteiger partial charge in [0.1, 0.15) is 0 Å². The van der Waals surface area contributed by atoms with E-state index < -0.39 is 10.0 Å². The number of anilines is 1. The first kappa shape index (κ1) is 17.8. The molecular weight excluding hydrogens is 350 g/mol. The molecular formula is C19H17N3O3S. The topological polar surface area (TPSA) is 88.2 Å². The Balaban J connectivity index is 1.73. The minimum atomic E-state index is -3.49. The van der Waals surface area contributed by atoms with Gasteiger partial charge >= 0.3 is 0 Å². The van der Waals surface area contributed by atoms with Crippen LogP contribution in [0.2, 0.25) is 0 Å². The molecule has 7 heteroatoms. The Kier molecular flexibility index (Phi) is 5.11. The summed E-state index contributed by atoms with van der Waals surface area (Å²) < 4.78 is 25.6. The molecule has 6 nitrogen and oxygen atoms in total. The number of rotatable bonds is 5. The molecule has 0 aliphatic heterocycles. The fourth-order valence-electron chi connectivity index (χ4n) is 2.45. The lowest BCUT2D eigenvalue weighted by atomic mass is 10.1. The number of fused-ring (bicyclic) bond motifs is 1. The van der Waals surface area contributed by atoms with Crippen molar-refractivity contribution in [3.63, 3.8) is 0 Å². The molecule has 0 fully saturated rings. The highest BCUT2D eigenvalue weighted by Crippen LogP contribution is 2.17. The SMILES string of the molecule is CNS(=O)(=O)c1ccc(NC(=O)/C=C/c2cccc3cccnc23)cc1. The third kappa shape index (κ3) is 3.96. The van der Waals surface area contributed by atoms with E-state index in [-0.39, 0.29) is 10.8 Å². The molecule has 0 saturated carbocycles. The van der Waals surface area contributed by atoms with Gasteiger partial charge in [-0.05, 0) is 43.5 Å². The van der Waals surface area contributed by atoms with E-state index in [0.717, 1.165) is 16.5 Å². The number of para-hydroxylation sites is 1. The van der Waals surface area contributed by atoms with Crippen LogP contribution in [0.15, 0.2) is 71.8 Å². The van der Waals surface area contributed by atoms with Crippen molar-refractivity contribution >= 4 is 38.6 Å². The Morgan fingerprint density at radius 3 is 2.50 bits per heavy atom. The third-order valence-corrected chi connectivity index (χ3v) is 5.21. The van der Waals surface area contributed by atoms with Gasteiger partial charge in [-0.25, -0.2) is 13.1 Å². The van der Waals surface area contributed by atoms with Crippen molar-refractivity contribution in [3.05, 3.63) is 72.4 Å². The summed E-state index contributed by atoms with van der Waals surface area (Å²) in [7, 11) is -2.15. The summed E-state index contributed by atoms with van der Waals surface area (Å²) in [5, 5.41) is 3.69. The van der Waals surface area contributed by atoms with Gasteiger partial charge in [0.05, 0.1) is 10.4 Å². The van der Waals surface area contributed by atoms with Crippen LogP contribution in [0.3, 0.4) is 0 Å². The molecule has 0 aliphatic rings. The number of carbonyl (C=O) groups is 1. The van der Waals surface area contributed by atoms with Gasteiger partial charge in [-0.3, -0.25) is 9.78 Å². The summed E-state index contributed by atoms with van der Waals surface area (Å²) in [5.74, 6) is -0.317. The Hall–Kier alpha value is -3.03. The van der Waals surface area contributed by atoms with E-state index in [0.29, 0.717) is 5.69 Å². The van der Waals surface area contributed by atoms with E-state index in [2.05, 4.69) is 15.0 Å². The van der Waals surface area contributed by atoms with Crippen LogP contribution in [-0.2, 0) is 14.8 Å². The average Bonchev–Trinajstić information content (AvgIpc) is 2.66. The molecule has 2 aromatic carbocycles. The number of nitrogens with one attached hydrogen (secondary N) is 2. The van der Waals surface area contributed by atoms with Gasteiger partial charge < -0.3 is 5.32 Å². The van der Waals surface area contributed by atoms with E-state index in [1.807, 2.05) is 30.3 Å². The molecule has 0 spiro atoms. The lowest BCUT2D eigenvalue weighted by Gasteiger charge is -2.05. The number of carbonyl (C=O) groups excluding carboxylic acids is 1.